The van der Waals surface area contributed by atoms with Crippen molar-refractivity contribution in [1.82, 2.24) is 4.90 Å². The number of benzene rings is 1. The lowest BCUT2D eigenvalue weighted by atomic mass is 10.2. The average Bonchev–Trinajstić information content (AvgIpc) is 3.00. The first-order valence-corrected chi connectivity index (χ1v) is 6.32. The molecular weight excluding hydrogens is 254 g/mol. The fourth-order valence-corrected chi connectivity index (χ4v) is 1.78. The second kappa shape index (κ2) is 6.61. The van der Waals surface area contributed by atoms with Crippen LogP contribution in [0.25, 0.3) is 0 Å². The topological polar surface area (TPSA) is 42.7 Å². The summed E-state index contributed by atoms with van der Waals surface area (Å²) in [4.78, 5) is 13.6. The van der Waals surface area contributed by atoms with Gasteiger partial charge >= 0.3 is 0 Å². The number of hydrogen-bond acceptors (Lipinski definition) is 3. The molecule has 0 aliphatic carbocycles. The van der Waals surface area contributed by atoms with Crippen LogP contribution in [0, 0.1) is 0 Å². The SMILES string of the molecule is C=CCOc1ccc(CN(C)C(=O)c2ccco2)cc1. The van der Waals surface area contributed by atoms with Crippen LogP contribution < -0.4 is 4.74 Å². The smallest absolute Gasteiger partial charge is 0.289 e. The molecule has 0 aliphatic rings. The molecule has 4 nitrogen and oxygen atoms in total. The maximum Gasteiger partial charge on any atom is 0.289 e. The zero-order chi connectivity index (χ0) is 14.4. The predicted octanol–water partition coefficient (Wildman–Crippen LogP) is 3.12. The van der Waals surface area contributed by atoms with E-state index in [1.807, 2.05) is 24.3 Å². The lowest BCUT2D eigenvalue weighted by Crippen LogP contribution is -2.25. The molecule has 0 fully saturated rings. The lowest BCUT2D eigenvalue weighted by molar-refractivity contribution is 0.0753. The van der Waals surface area contributed by atoms with Crippen molar-refractivity contribution in [2.75, 3.05) is 13.7 Å². The summed E-state index contributed by atoms with van der Waals surface area (Å²) in [5.74, 6) is 0.995. The molecule has 1 heterocycles. The molecule has 0 saturated carbocycles. The fourth-order valence-electron chi connectivity index (χ4n) is 1.78. The summed E-state index contributed by atoms with van der Waals surface area (Å²) in [5, 5.41) is 0. The first kappa shape index (κ1) is 13.9. The Bertz CT molecular complexity index is 558. The largest absolute Gasteiger partial charge is 0.490 e. The van der Waals surface area contributed by atoms with E-state index in [0.29, 0.717) is 18.9 Å². The Hall–Kier alpha value is -2.49. The van der Waals surface area contributed by atoms with Gasteiger partial charge in [0.25, 0.3) is 5.91 Å². The van der Waals surface area contributed by atoms with Crippen LogP contribution in [0.4, 0.5) is 0 Å². The number of rotatable bonds is 6. The molecule has 0 spiro atoms. The van der Waals surface area contributed by atoms with E-state index in [9.17, 15) is 4.79 Å². The molecule has 104 valence electrons. The van der Waals surface area contributed by atoms with Crippen molar-refractivity contribution in [2.45, 2.75) is 6.54 Å². The Morgan fingerprint density at radius 1 is 1.35 bits per heavy atom. The lowest BCUT2D eigenvalue weighted by Gasteiger charge is -2.16. The van der Waals surface area contributed by atoms with E-state index in [-0.39, 0.29) is 5.91 Å². The van der Waals surface area contributed by atoms with E-state index < -0.39 is 0 Å². The summed E-state index contributed by atoms with van der Waals surface area (Å²) in [6.07, 6.45) is 3.19. The molecule has 2 rings (SSSR count). The first-order chi connectivity index (χ1) is 9.70. The number of nitrogens with zero attached hydrogens (tertiary/aromatic N) is 1. The van der Waals surface area contributed by atoms with Gasteiger partial charge in [0.15, 0.2) is 5.76 Å². The molecule has 20 heavy (non-hydrogen) atoms. The van der Waals surface area contributed by atoms with Crippen LogP contribution in [0.2, 0.25) is 0 Å². The Kier molecular flexibility index (Phi) is 4.60. The second-order valence-corrected chi connectivity index (χ2v) is 4.38. The van der Waals surface area contributed by atoms with Crippen LogP contribution in [0.5, 0.6) is 5.75 Å². The molecule has 0 bridgehead atoms. The third kappa shape index (κ3) is 3.51. The molecule has 2 aromatic rings. The molecule has 0 saturated heterocycles. The van der Waals surface area contributed by atoms with E-state index in [1.165, 1.54) is 6.26 Å². The molecule has 0 atom stereocenters. The average molecular weight is 271 g/mol. The molecule has 0 radical (unpaired) electrons. The summed E-state index contributed by atoms with van der Waals surface area (Å²) in [7, 11) is 1.74. The monoisotopic (exact) mass is 271 g/mol. The van der Waals surface area contributed by atoms with Gasteiger partial charge in [-0.1, -0.05) is 24.8 Å². The third-order valence-corrected chi connectivity index (χ3v) is 2.79. The third-order valence-electron chi connectivity index (χ3n) is 2.79. The summed E-state index contributed by atoms with van der Waals surface area (Å²) < 4.78 is 10.5. The summed E-state index contributed by atoms with van der Waals surface area (Å²) >= 11 is 0. The van der Waals surface area contributed by atoms with Crippen molar-refractivity contribution < 1.29 is 13.9 Å². The van der Waals surface area contributed by atoms with Crippen LogP contribution in [-0.2, 0) is 6.54 Å². The molecule has 0 N–H and O–H groups in total. The normalized spacial score (nSPS) is 10.1. The number of ether oxygens (including phenoxy) is 1. The highest BCUT2D eigenvalue weighted by atomic mass is 16.5. The minimum absolute atomic E-state index is 0.137. The zero-order valence-corrected chi connectivity index (χ0v) is 11.4. The van der Waals surface area contributed by atoms with Crippen molar-refractivity contribution in [2.24, 2.45) is 0 Å². The highest BCUT2D eigenvalue weighted by molar-refractivity contribution is 5.91. The van der Waals surface area contributed by atoms with Crippen LogP contribution in [-0.4, -0.2) is 24.5 Å². The van der Waals surface area contributed by atoms with Gasteiger partial charge in [-0.2, -0.15) is 0 Å². The van der Waals surface area contributed by atoms with E-state index in [2.05, 4.69) is 6.58 Å². The first-order valence-electron chi connectivity index (χ1n) is 6.32. The number of hydrogen-bond donors (Lipinski definition) is 0. The molecule has 1 aromatic carbocycles. The van der Waals surface area contributed by atoms with Gasteiger partial charge in [-0.25, -0.2) is 0 Å². The maximum atomic E-state index is 12.0. The van der Waals surface area contributed by atoms with Crippen LogP contribution in [0.3, 0.4) is 0 Å². The van der Waals surface area contributed by atoms with E-state index >= 15 is 0 Å². The Labute approximate surface area is 118 Å². The van der Waals surface area contributed by atoms with E-state index in [0.717, 1.165) is 11.3 Å². The summed E-state index contributed by atoms with van der Waals surface area (Å²) in [6, 6.07) is 11.0. The van der Waals surface area contributed by atoms with Crippen LogP contribution >= 0.6 is 0 Å². The quantitative estimate of drug-likeness (QED) is 0.758. The molecular formula is C16H17NO3. The highest BCUT2D eigenvalue weighted by Crippen LogP contribution is 2.14. The number of furan rings is 1. The van der Waals surface area contributed by atoms with E-state index in [4.69, 9.17) is 9.15 Å². The van der Waals surface area contributed by atoms with Gasteiger partial charge in [-0.15, -0.1) is 0 Å². The van der Waals surface area contributed by atoms with Gasteiger partial charge in [0, 0.05) is 13.6 Å². The van der Waals surface area contributed by atoms with Gasteiger partial charge in [0.1, 0.15) is 12.4 Å². The molecule has 0 unspecified atom stereocenters. The highest BCUT2D eigenvalue weighted by Gasteiger charge is 2.14. The fraction of sp³-hybridized carbons (Fsp3) is 0.188. The minimum Gasteiger partial charge on any atom is -0.490 e. The standard InChI is InChI=1S/C16H17NO3/c1-3-10-19-14-8-6-13(7-9-14)12-17(2)16(18)15-5-4-11-20-15/h3-9,11H,1,10,12H2,2H3. The summed E-state index contributed by atoms with van der Waals surface area (Å²) in [5.41, 5.74) is 1.03. The van der Waals surface area contributed by atoms with Crippen molar-refractivity contribution in [3.8, 4) is 5.75 Å². The molecule has 0 aliphatic heterocycles. The number of carbonyl (C=O) groups is 1. The zero-order valence-electron chi connectivity index (χ0n) is 11.4. The summed E-state index contributed by atoms with van der Waals surface area (Å²) in [6.45, 7) is 4.60. The van der Waals surface area contributed by atoms with Gasteiger partial charge in [-0.05, 0) is 29.8 Å². The Morgan fingerprint density at radius 3 is 2.70 bits per heavy atom. The van der Waals surface area contributed by atoms with Crippen LogP contribution in [0.15, 0.2) is 59.7 Å². The van der Waals surface area contributed by atoms with Gasteiger partial charge < -0.3 is 14.1 Å². The number of carbonyl (C=O) groups excluding carboxylic acids is 1. The van der Waals surface area contributed by atoms with Crippen molar-refractivity contribution >= 4 is 5.91 Å². The molecule has 1 aromatic heterocycles. The second-order valence-electron chi connectivity index (χ2n) is 4.38. The van der Waals surface area contributed by atoms with Crippen LogP contribution in [0.1, 0.15) is 16.1 Å². The Balaban J connectivity index is 1.95. The van der Waals surface area contributed by atoms with Gasteiger partial charge in [0.2, 0.25) is 0 Å². The maximum absolute atomic E-state index is 12.0. The number of amides is 1. The van der Waals surface area contributed by atoms with Crippen molar-refractivity contribution in [1.29, 1.82) is 0 Å². The Morgan fingerprint density at radius 2 is 2.10 bits per heavy atom. The van der Waals surface area contributed by atoms with Crippen molar-refractivity contribution in [3.05, 3.63) is 66.6 Å². The van der Waals surface area contributed by atoms with Gasteiger partial charge in [-0.3, -0.25) is 4.79 Å². The van der Waals surface area contributed by atoms with Crippen molar-refractivity contribution in [3.63, 3.8) is 0 Å². The minimum atomic E-state index is -0.137. The van der Waals surface area contributed by atoms with E-state index in [1.54, 1.807) is 30.2 Å². The molecule has 4 heteroatoms. The molecule has 1 amide bonds. The van der Waals surface area contributed by atoms with Gasteiger partial charge in [0.05, 0.1) is 6.26 Å². The predicted molar refractivity (Wildman–Crippen MR) is 76.6 cm³/mol.